The number of hydrogen-bond donors (Lipinski definition) is 0. The lowest BCUT2D eigenvalue weighted by Gasteiger charge is -1.99. The highest BCUT2D eigenvalue weighted by Crippen LogP contribution is 2.04. The molecule has 2 nitrogen and oxygen atoms in total. The van der Waals surface area contributed by atoms with Gasteiger partial charge in [0.15, 0.2) is 0 Å². The van der Waals surface area contributed by atoms with Crippen molar-refractivity contribution < 1.29 is 9.59 Å². The zero-order valence-electron chi connectivity index (χ0n) is 6.72. The van der Waals surface area contributed by atoms with Gasteiger partial charge in [0.1, 0.15) is 11.6 Å². The predicted octanol–water partition coefficient (Wildman–Crippen LogP) is 1.37. The minimum absolute atomic E-state index is 0.0291. The van der Waals surface area contributed by atoms with Crippen molar-refractivity contribution in [2.45, 2.75) is 19.8 Å². The molecule has 0 aliphatic heterocycles. The van der Waals surface area contributed by atoms with Crippen LogP contribution in [0.5, 0.6) is 0 Å². The number of carbonyl (C=O) groups is 2. The average Bonchev–Trinajstić information content (AvgIpc) is 1.82. The highest BCUT2D eigenvalue weighted by Gasteiger charge is 2.06. The normalized spacial score (nSPS) is 10.2. The second-order valence-electron chi connectivity index (χ2n) is 2.47. The predicted molar refractivity (Wildman–Crippen MR) is 43.2 cm³/mol. The Kier molecular flexibility index (Phi) is 4.75. The topological polar surface area (TPSA) is 34.1 Å². The first kappa shape index (κ1) is 10.3. The molecular formula is C9H12O2. The van der Waals surface area contributed by atoms with Crippen LogP contribution in [0, 0.1) is 26.2 Å². The lowest BCUT2D eigenvalue weighted by atomic mass is 10.0. The Labute approximate surface area is 68.0 Å². The van der Waals surface area contributed by atoms with Crippen LogP contribution in [0.1, 0.15) is 19.8 Å². The van der Waals surface area contributed by atoms with Crippen molar-refractivity contribution in [2.75, 3.05) is 0 Å². The fourth-order valence-electron chi connectivity index (χ4n) is 0.599. The molecule has 4 radical (unpaired) electrons. The van der Waals surface area contributed by atoms with Crippen LogP contribution in [0.15, 0.2) is 0 Å². The molecule has 0 heterocycles. The molecule has 0 aliphatic rings. The highest BCUT2D eigenvalue weighted by atomic mass is 16.1. The summed E-state index contributed by atoms with van der Waals surface area (Å²) in [6.45, 7) is 8.36. The van der Waals surface area contributed by atoms with Gasteiger partial charge >= 0.3 is 0 Å². The zero-order valence-corrected chi connectivity index (χ0v) is 6.72. The van der Waals surface area contributed by atoms with E-state index in [1.807, 2.05) is 0 Å². The van der Waals surface area contributed by atoms with Gasteiger partial charge < -0.3 is 4.79 Å². The molecule has 0 rings (SSSR count). The number of rotatable bonds is 5. The van der Waals surface area contributed by atoms with E-state index >= 15 is 0 Å². The summed E-state index contributed by atoms with van der Waals surface area (Å²) in [6.07, 6.45) is 1.93. The molecule has 0 N–H and O–H groups in total. The first-order valence-corrected chi connectivity index (χ1v) is 3.40. The summed E-state index contributed by atoms with van der Waals surface area (Å²) in [6, 6.07) is 0. The lowest BCUT2D eigenvalue weighted by Crippen LogP contribution is -2.04. The molecule has 0 atom stereocenters. The number of ketones is 2. The van der Waals surface area contributed by atoms with Gasteiger partial charge in [-0.25, -0.2) is 0 Å². The van der Waals surface area contributed by atoms with E-state index in [-0.39, 0.29) is 18.0 Å². The number of carbonyl (C=O) groups excluding carboxylic acids is 2. The second kappa shape index (κ2) is 5.05. The summed E-state index contributed by atoms with van der Waals surface area (Å²) in [5.74, 6) is 0.431. The third-order valence-electron chi connectivity index (χ3n) is 1.09. The maximum Gasteiger partial charge on any atom is 0.137 e. The van der Waals surface area contributed by atoms with E-state index in [1.54, 1.807) is 0 Å². The SMILES string of the molecule is [CH2][C]([CH2])[CH]C(=O)CCC(C)=O. The minimum Gasteiger partial charge on any atom is -0.300 e. The van der Waals surface area contributed by atoms with Crippen LogP contribution >= 0.6 is 0 Å². The number of hydrogen-bond acceptors (Lipinski definition) is 2. The van der Waals surface area contributed by atoms with E-state index < -0.39 is 0 Å². The Bertz CT molecular complexity index is 148. The monoisotopic (exact) mass is 152 g/mol. The van der Waals surface area contributed by atoms with Gasteiger partial charge in [-0.15, -0.1) is 0 Å². The van der Waals surface area contributed by atoms with Crippen molar-refractivity contribution in [2.24, 2.45) is 0 Å². The largest absolute Gasteiger partial charge is 0.300 e. The summed E-state index contributed by atoms with van der Waals surface area (Å²) >= 11 is 0. The standard InChI is InChI=1S/C9H12O2/c1-7(2)6-9(11)5-4-8(3)10/h6H,1-2,4-5H2,3H3. The van der Waals surface area contributed by atoms with Gasteiger partial charge in [0.05, 0.1) is 0 Å². The van der Waals surface area contributed by atoms with Crippen molar-refractivity contribution in [1.82, 2.24) is 0 Å². The molecule has 0 unspecified atom stereocenters. The van der Waals surface area contributed by atoms with Crippen LogP contribution in [0.25, 0.3) is 0 Å². The zero-order chi connectivity index (χ0) is 8.85. The third kappa shape index (κ3) is 7.23. The van der Waals surface area contributed by atoms with Crippen molar-refractivity contribution in [3.05, 3.63) is 26.2 Å². The van der Waals surface area contributed by atoms with Crippen LogP contribution in [-0.4, -0.2) is 11.6 Å². The van der Waals surface area contributed by atoms with Crippen molar-refractivity contribution >= 4 is 11.6 Å². The molecule has 0 aromatic rings. The van der Waals surface area contributed by atoms with Crippen molar-refractivity contribution in [3.8, 4) is 0 Å². The van der Waals surface area contributed by atoms with E-state index in [0.29, 0.717) is 12.3 Å². The van der Waals surface area contributed by atoms with Gasteiger partial charge in [-0.1, -0.05) is 0 Å². The summed E-state index contributed by atoms with van der Waals surface area (Å²) < 4.78 is 0. The van der Waals surface area contributed by atoms with Gasteiger partial charge in [0.2, 0.25) is 0 Å². The molecule has 0 aromatic carbocycles. The molecule has 0 fully saturated rings. The van der Waals surface area contributed by atoms with Gasteiger partial charge in [-0.3, -0.25) is 4.79 Å². The molecule has 0 amide bonds. The molecule has 0 bridgehead atoms. The molecule has 2 heteroatoms. The summed E-state index contributed by atoms with van der Waals surface area (Å²) in [5.41, 5.74) is 0. The van der Waals surface area contributed by atoms with E-state index in [4.69, 9.17) is 0 Å². The maximum atomic E-state index is 10.8. The Morgan fingerprint density at radius 2 is 1.82 bits per heavy atom. The van der Waals surface area contributed by atoms with Gasteiger partial charge in [-0.05, 0) is 26.7 Å². The van der Waals surface area contributed by atoms with Gasteiger partial charge in [0.25, 0.3) is 0 Å². The van der Waals surface area contributed by atoms with Crippen LogP contribution in [0.3, 0.4) is 0 Å². The Morgan fingerprint density at radius 1 is 1.27 bits per heavy atom. The fraction of sp³-hybridized carbons (Fsp3) is 0.333. The molecule has 60 valence electrons. The fourth-order valence-corrected chi connectivity index (χ4v) is 0.599. The Morgan fingerprint density at radius 3 is 2.18 bits per heavy atom. The van der Waals surface area contributed by atoms with E-state index in [2.05, 4.69) is 13.8 Å². The lowest BCUT2D eigenvalue weighted by molar-refractivity contribution is -0.121. The van der Waals surface area contributed by atoms with Crippen LogP contribution < -0.4 is 0 Å². The molecule has 0 aliphatic carbocycles. The van der Waals surface area contributed by atoms with Crippen LogP contribution in [0.2, 0.25) is 0 Å². The van der Waals surface area contributed by atoms with Crippen LogP contribution in [0.4, 0.5) is 0 Å². The van der Waals surface area contributed by atoms with E-state index in [9.17, 15) is 9.59 Å². The maximum absolute atomic E-state index is 10.8. The first-order chi connectivity index (χ1) is 5.02. The van der Waals surface area contributed by atoms with Crippen molar-refractivity contribution in [3.63, 3.8) is 0 Å². The average molecular weight is 152 g/mol. The Hall–Kier alpha value is -0.660. The van der Waals surface area contributed by atoms with Gasteiger partial charge in [0, 0.05) is 19.3 Å². The van der Waals surface area contributed by atoms with Crippen molar-refractivity contribution in [1.29, 1.82) is 0 Å². The van der Waals surface area contributed by atoms with E-state index in [1.165, 1.54) is 13.3 Å². The summed E-state index contributed by atoms with van der Waals surface area (Å²) in [4.78, 5) is 21.3. The molecule has 0 aromatic heterocycles. The molecule has 11 heavy (non-hydrogen) atoms. The third-order valence-corrected chi connectivity index (χ3v) is 1.09. The minimum atomic E-state index is -0.0831. The number of Topliss-reactive ketones (excluding diaryl/α,β-unsaturated/α-hetero) is 2. The van der Waals surface area contributed by atoms with Gasteiger partial charge in [-0.2, -0.15) is 0 Å². The summed E-state index contributed by atoms with van der Waals surface area (Å²) in [7, 11) is 0. The molecule has 0 spiro atoms. The highest BCUT2D eigenvalue weighted by molar-refractivity contribution is 5.92. The quantitative estimate of drug-likeness (QED) is 0.596. The van der Waals surface area contributed by atoms with Crippen LogP contribution in [-0.2, 0) is 9.59 Å². The molecular weight excluding hydrogens is 140 g/mol. The second-order valence-corrected chi connectivity index (χ2v) is 2.47. The smallest absolute Gasteiger partial charge is 0.137 e. The molecule has 0 saturated heterocycles. The summed E-state index contributed by atoms with van der Waals surface area (Å²) in [5, 5.41) is 0. The van der Waals surface area contributed by atoms with E-state index in [0.717, 1.165) is 0 Å². The Balaban J connectivity index is 3.45. The molecule has 0 saturated carbocycles. The first-order valence-electron chi connectivity index (χ1n) is 3.40.